The molecule has 0 aliphatic rings. The van der Waals surface area contributed by atoms with Crippen molar-refractivity contribution < 1.29 is 0 Å². The third-order valence-corrected chi connectivity index (χ3v) is 4.10. The number of hydrogen-bond acceptors (Lipinski definition) is 3. The van der Waals surface area contributed by atoms with Crippen molar-refractivity contribution in [1.82, 2.24) is 14.8 Å². The van der Waals surface area contributed by atoms with E-state index in [0.717, 1.165) is 33.1 Å². The number of hydrogen-bond donors (Lipinski definition) is 1. The molecule has 4 nitrogen and oxygen atoms in total. The molecule has 0 saturated carbocycles. The van der Waals surface area contributed by atoms with Crippen LogP contribution < -0.4 is 5.73 Å². The highest BCUT2D eigenvalue weighted by Gasteiger charge is 2.13. The number of nitrogens with two attached hydrogens (primary N) is 1. The molecule has 0 amide bonds. The van der Waals surface area contributed by atoms with Gasteiger partial charge in [0.2, 0.25) is 0 Å². The van der Waals surface area contributed by atoms with Gasteiger partial charge in [-0.15, -0.1) is 10.2 Å². The average Bonchev–Trinajstić information content (AvgIpc) is 2.81. The normalized spacial score (nSPS) is 11.4. The maximum atomic E-state index is 6.11. The summed E-state index contributed by atoms with van der Waals surface area (Å²) in [5.74, 6) is 0. The van der Waals surface area contributed by atoms with E-state index >= 15 is 0 Å². The second-order valence-electron chi connectivity index (χ2n) is 5.30. The van der Waals surface area contributed by atoms with Crippen molar-refractivity contribution in [3.63, 3.8) is 0 Å². The van der Waals surface area contributed by atoms with E-state index in [1.165, 1.54) is 0 Å². The van der Waals surface area contributed by atoms with Crippen molar-refractivity contribution in [3.8, 4) is 11.1 Å². The molecule has 0 fully saturated rings. The molecule has 2 aromatic heterocycles. The summed E-state index contributed by atoms with van der Waals surface area (Å²) >= 11 is 6.11. The van der Waals surface area contributed by atoms with Crippen LogP contribution >= 0.6 is 11.6 Å². The summed E-state index contributed by atoms with van der Waals surface area (Å²) in [4.78, 5) is 0. The SMILES string of the molecule is Cn1cc(N)c2nnc3c(-c4cccc(Cl)c4)cccc3c21. The van der Waals surface area contributed by atoms with Crippen LogP contribution in [0.5, 0.6) is 0 Å². The van der Waals surface area contributed by atoms with Gasteiger partial charge >= 0.3 is 0 Å². The standard InChI is InChI=1S/C17H13ClN4/c1-22-9-14(19)16-17(22)13-7-3-6-12(15(13)20-21-16)10-4-2-5-11(18)8-10/h2-9H,19H2,1H3. The molecule has 2 aromatic carbocycles. The van der Waals surface area contributed by atoms with Crippen LogP contribution in [0.3, 0.4) is 0 Å². The second-order valence-corrected chi connectivity index (χ2v) is 5.74. The molecule has 22 heavy (non-hydrogen) atoms. The molecule has 108 valence electrons. The largest absolute Gasteiger partial charge is 0.396 e. The van der Waals surface area contributed by atoms with Crippen LogP contribution in [0.25, 0.3) is 33.1 Å². The van der Waals surface area contributed by atoms with Crippen LogP contribution in [0.4, 0.5) is 5.69 Å². The molecule has 0 aliphatic heterocycles. The summed E-state index contributed by atoms with van der Waals surface area (Å²) in [6, 6.07) is 13.8. The molecular formula is C17H13ClN4. The predicted molar refractivity (Wildman–Crippen MR) is 90.9 cm³/mol. The van der Waals surface area contributed by atoms with E-state index in [1.54, 1.807) is 0 Å². The van der Waals surface area contributed by atoms with Crippen molar-refractivity contribution in [2.75, 3.05) is 5.73 Å². The summed E-state index contributed by atoms with van der Waals surface area (Å²) in [6.07, 6.45) is 1.87. The van der Waals surface area contributed by atoms with Gasteiger partial charge in [0.1, 0.15) is 11.0 Å². The first kappa shape index (κ1) is 13.1. The van der Waals surface area contributed by atoms with Gasteiger partial charge in [-0.25, -0.2) is 0 Å². The molecule has 2 heterocycles. The molecule has 0 unspecified atom stereocenters. The lowest BCUT2D eigenvalue weighted by atomic mass is 10.0. The number of nitrogen functional groups attached to an aromatic ring is 1. The Balaban J connectivity index is 2.12. The van der Waals surface area contributed by atoms with Crippen molar-refractivity contribution in [1.29, 1.82) is 0 Å². The number of aromatic nitrogens is 3. The Morgan fingerprint density at radius 3 is 2.64 bits per heavy atom. The summed E-state index contributed by atoms with van der Waals surface area (Å²) in [6.45, 7) is 0. The van der Waals surface area contributed by atoms with Gasteiger partial charge in [-0.2, -0.15) is 0 Å². The van der Waals surface area contributed by atoms with Crippen LogP contribution in [0.2, 0.25) is 5.02 Å². The van der Waals surface area contributed by atoms with Gasteiger partial charge in [-0.05, 0) is 17.7 Å². The summed E-state index contributed by atoms with van der Waals surface area (Å²) in [7, 11) is 1.96. The minimum atomic E-state index is 0.639. The molecule has 4 aromatic rings. The molecule has 0 bridgehead atoms. The number of benzene rings is 2. The Bertz CT molecular complexity index is 1020. The van der Waals surface area contributed by atoms with Crippen LogP contribution in [-0.4, -0.2) is 14.8 Å². The smallest absolute Gasteiger partial charge is 0.134 e. The van der Waals surface area contributed by atoms with E-state index < -0.39 is 0 Å². The maximum Gasteiger partial charge on any atom is 0.134 e. The van der Waals surface area contributed by atoms with E-state index in [-0.39, 0.29) is 0 Å². The number of aryl methyl sites for hydroxylation is 1. The third kappa shape index (κ3) is 1.84. The minimum Gasteiger partial charge on any atom is -0.396 e. The molecule has 0 radical (unpaired) electrons. The highest BCUT2D eigenvalue weighted by Crippen LogP contribution is 2.33. The number of halogens is 1. The topological polar surface area (TPSA) is 56.7 Å². The van der Waals surface area contributed by atoms with Crippen molar-refractivity contribution >= 4 is 39.2 Å². The van der Waals surface area contributed by atoms with Crippen molar-refractivity contribution in [2.24, 2.45) is 7.05 Å². The fraction of sp³-hybridized carbons (Fsp3) is 0.0588. The van der Waals surface area contributed by atoms with Crippen LogP contribution in [-0.2, 0) is 7.05 Å². The Hall–Kier alpha value is -2.59. The summed E-state index contributed by atoms with van der Waals surface area (Å²) < 4.78 is 1.99. The molecule has 0 saturated heterocycles. The van der Waals surface area contributed by atoms with Crippen molar-refractivity contribution in [3.05, 3.63) is 53.7 Å². The van der Waals surface area contributed by atoms with Crippen LogP contribution in [0.15, 0.2) is 48.7 Å². The van der Waals surface area contributed by atoms with E-state index in [2.05, 4.69) is 10.2 Å². The highest BCUT2D eigenvalue weighted by molar-refractivity contribution is 6.31. The van der Waals surface area contributed by atoms with E-state index in [4.69, 9.17) is 17.3 Å². The fourth-order valence-corrected chi connectivity index (χ4v) is 3.08. The van der Waals surface area contributed by atoms with E-state index in [1.807, 2.05) is 60.3 Å². The monoisotopic (exact) mass is 308 g/mol. The van der Waals surface area contributed by atoms with Gasteiger partial charge in [0.05, 0.1) is 11.2 Å². The van der Waals surface area contributed by atoms with Gasteiger partial charge in [0, 0.05) is 29.2 Å². The zero-order chi connectivity index (χ0) is 15.3. The number of fused-ring (bicyclic) bond motifs is 3. The Kier molecular flexibility index (Phi) is 2.81. The summed E-state index contributed by atoms with van der Waals surface area (Å²) in [5, 5.41) is 10.4. The van der Waals surface area contributed by atoms with Gasteiger partial charge in [0.25, 0.3) is 0 Å². The Labute approximate surface area is 132 Å². The number of rotatable bonds is 1. The Morgan fingerprint density at radius 1 is 1.05 bits per heavy atom. The Morgan fingerprint density at radius 2 is 1.82 bits per heavy atom. The first-order valence-electron chi connectivity index (χ1n) is 6.91. The maximum absolute atomic E-state index is 6.11. The summed E-state index contributed by atoms with van der Waals surface area (Å²) in [5.41, 5.74) is 11.2. The van der Waals surface area contributed by atoms with E-state index in [9.17, 15) is 0 Å². The number of nitrogens with zero attached hydrogens (tertiary/aromatic N) is 3. The first-order chi connectivity index (χ1) is 10.6. The molecule has 0 atom stereocenters. The molecule has 2 N–H and O–H groups in total. The average molecular weight is 309 g/mol. The molecule has 0 spiro atoms. The lowest BCUT2D eigenvalue weighted by Crippen LogP contribution is -1.93. The molecular weight excluding hydrogens is 296 g/mol. The van der Waals surface area contributed by atoms with Crippen LogP contribution in [0.1, 0.15) is 0 Å². The zero-order valence-electron chi connectivity index (χ0n) is 11.9. The third-order valence-electron chi connectivity index (χ3n) is 3.86. The zero-order valence-corrected chi connectivity index (χ0v) is 12.7. The van der Waals surface area contributed by atoms with Gasteiger partial charge < -0.3 is 10.3 Å². The van der Waals surface area contributed by atoms with Gasteiger partial charge in [-0.1, -0.05) is 41.9 Å². The van der Waals surface area contributed by atoms with Gasteiger partial charge in [-0.3, -0.25) is 0 Å². The minimum absolute atomic E-state index is 0.639. The first-order valence-corrected chi connectivity index (χ1v) is 7.29. The van der Waals surface area contributed by atoms with E-state index in [0.29, 0.717) is 10.7 Å². The van der Waals surface area contributed by atoms with Crippen LogP contribution in [0, 0.1) is 0 Å². The highest BCUT2D eigenvalue weighted by atomic mass is 35.5. The predicted octanol–water partition coefficient (Wildman–Crippen LogP) is 4.02. The van der Waals surface area contributed by atoms with Gasteiger partial charge in [0.15, 0.2) is 0 Å². The quantitative estimate of drug-likeness (QED) is 0.577. The van der Waals surface area contributed by atoms with Crippen molar-refractivity contribution in [2.45, 2.75) is 0 Å². The second kappa shape index (κ2) is 4.71. The molecule has 5 heteroatoms. The molecule has 4 rings (SSSR count). The lowest BCUT2D eigenvalue weighted by Gasteiger charge is -2.07. The fourth-order valence-electron chi connectivity index (χ4n) is 2.89. The number of anilines is 1. The molecule has 0 aliphatic carbocycles. The lowest BCUT2D eigenvalue weighted by molar-refractivity contribution is 0.971.